The molecule has 1 unspecified atom stereocenters. The lowest BCUT2D eigenvalue weighted by molar-refractivity contribution is 0.215. The van der Waals surface area contributed by atoms with E-state index in [1.165, 1.54) is 6.07 Å². The number of benzene rings is 2. The number of carbonyl (C=O) groups excluding carboxylic acids is 1. The maximum absolute atomic E-state index is 14.1. The van der Waals surface area contributed by atoms with E-state index in [0.29, 0.717) is 42.3 Å². The van der Waals surface area contributed by atoms with Gasteiger partial charge in [0.2, 0.25) is 0 Å². The largest absolute Gasteiger partial charge is 0.493 e. The minimum Gasteiger partial charge on any atom is -0.493 e. The van der Waals surface area contributed by atoms with Crippen molar-refractivity contribution in [3.05, 3.63) is 53.8 Å². The molecular formula is C20H23FN2O3S. The maximum Gasteiger partial charge on any atom is 0.321 e. The van der Waals surface area contributed by atoms with Crippen LogP contribution in [0.4, 0.5) is 14.9 Å². The first kappa shape index (κ1) is 19.4. The van der Waals surface area contributed by atoms with Gasteiger partial charge in [-0.05, 0) is 24.6 Å². The van der Waals surface area contributed by atoms with Crippen LogP contribution < -0.4 is 14.8 Å². The Balaban J connectivity index is 1.64. The van der Waals surface area contributed by atoms with Crippen molar-refractivity contribution in [1.82, 2.24) is 4.90 Å². The van der Waals surface area contributed by atoms with E-state index in [9.17, 15) is 9.18 Å². The molecule has 1 heterocycles. The van der Waals surface area contributed by atoms with E-state index in [-0.39, 0.29) is 17.1 Å². The Labute approximate surface area is 162 Å². The molecule has 1 saturated heterocycles. The molecule has 27 heavy (non-hydrogen) atoms. The van der Waals surface area contributed by atoms with E-state index in [0.717, 1.165) is 5.75 Å². The molecule has 1 atom stereocenters. The summed E-state index contributed by atoms with van der Waals surface area (Å²) in [7, 11) is 3.12. The van der Waals surface area contributed by atoms with E-state index >= 15 is 0 Å². The summed E-state index contributed by atoms with van der Waals surface area (Å²) in [5, 5.41) is 2.96. The van der Waals surface area contributed by atoms with Gasteiger partial charge in [0.05, 0.1) is 14.2 Å². The van der Waals surface area contributed by atoms with Gasteiger partial charge < -0.3 is 19.7 Å². The molecule has 0 bridgehead atoms. The van der Waals surface area contributed by atoms with Crippen molar-refractivity contribution in [3.8, 4) is 11.5 Å². The SMILES string of the molecule is COc1ccc(NC(=O)N2CCSC(c3ccccc3F)CC2)cc1OC. The molecule has 1 aliphatic rings. The second-order valence-electron chi connectivity index (χ2n) is 6.16. The average Bonchev–Trinajstić information content (AvgIpc) is 2.94. The van der Waals surface area contributed by atoms with Crippen molar-refractivity contribution < 1.29 is 18.7 Å². The summed E-state index contributed by atoms with van der Waals surface area (Å²) >= 11 is 1.69. The van der Waals surface area contributed by atoms with Gasteiger partial charge in [0, 0.05) is 41.4 Å². The number of anilines is 1. The molecule has 0 saturated carbocycles. The number of rotatable bonds is 4. The van der Waals surface area contributed by atoms with E-state index in [4.69, 9.17) is 9.47 Å². The van der Waals surface area contributed by atoms with Crippen molar-refractivity contribution in [2.45, 2.75) is 11.7 Å². The minimum absolute atomic E-state index is 0.0603. The maximum atomic E-state index is 14.1. The van der Waals surface area contributed by atoms with Crippen molar-refractivity contribution >= 4 is 23.5 Å². The normalized spacial score (nSPS) is 17.1. The zero-order chi connectivity index (χ0) is 19.2. The third-order valence-corrected chi connectivity index (χ3v) is 5.83. The molecule has 0 radical (unpaired) electrons. The highest BCUT2D eigenvalue weighted by atomic mass is 32.2. The molecule has 5 nitrogen and oxygen atoms in total. The smallest absolute Gasteiger partial charge is 0.321 e. The van der Waals surface area contributed by atoms with Crippen LogP contribution in [0.2, 0.25) is 0 Å². The van der Waals surface area contributed by atoms with Crippen molar-refractivity contribution in [1.29, 1.82) is 0 Å². The van der Waals surface area contributed by atoms with Gasteiger partial charge in [-0.1, -0.05) is 18.2 Å². The summed E-state index contributed by atoms with van der Waals surface area (Å²) in [6.07, 6.45) is 0.713. The third kappa shape index (κ3) is 4.66. The standard InChI is InChI=1S/C20H23FN2O3S/c1-25-17-8-7-14(13-18(17)26-2)22-20(24)23-10-9-19(27-12-11-23)15-5-3-4-6-16(15)21/h3-8,13,19H,9-12H2,1-2H3,(H,22,24). The molecule has 0 aromatic heterocycles. The number of nitrogens with zero attached hydrogens (tertiary/aromatic N) is 1. The van der Waals surface area contributed by atoms with E-state index in [1.54, 1.807) is 55.1 Å². The zero-order valence-corrected chi connectivity index (χ0v) is 16.2. The molecule has 7 heteroatoms. The van der Waals surface area contributed by atoms with Crippen LogP contribution in [-0.2, 0) is 0 Å². The molecule has 1 aliphatic heterocycles. The molecule has 1 N–H and O–H groups in total. The van der Waals surface area contributed by atoms with Crippen LogP contribution in [0.1, 0.15) is 17.2 Å². The highest BCUT2D eigenvalue weighted by molar-refractivity contribution is 7.99. The molecule has 0 aliphatic carbocycles. The van der Waals surface area contributed by atoms with E-state index in [2.05, 4.69) is 5.32 Å². The number of hydrogen-bond acceptors (Lipinski definition) is 4. The van der Waals surface area contributed by atoms with Gasteiger partial charge in [-0.3, -0.25) is 0 Å². The summed E-state index contributed by atoms with van der Waals surface area (Å²) in [6.45, 7) is 1.19. The first-order chi connectivity index (χ1) is 13.1. The number of halogens is 1. The number of nitrogens with one attached hydrogen (secondary N) is 1. The average molecular weight is 390 g/mol. The highest BCUT2D eigenvalue weighted by Crippen LogP contribution is 2.36. The first-order valence-electron chi connectivity index (χ1n) is 8.76. The minimum atomic E-state index is -0.182. The van der Waals surface area contributed by atoms with Crippen molar-refractivity contribution in [3.63, 3.8) is 0 Å². The Morgan fingerprint density at radius 2 is 1.93 bits per heavy atom. The second kappa shape index (κ2) is 8.99. The quantitative estimate of drug-likeness (QED) is 0.832. The van der Waals surface area contributed by atoms with Crippen LogP contribution in [0.5, 0.6) is 11.5 Å². The van der Waals surface area contributed by atoms with Crippen LogP contribution >= 0.6 is 11.8 Å². The summed E-state index contributed by atoms with van der Waals surface area (Å²) in [5.74, 6) is 1.74. The monoisotopic (exact) mass is 390 g/mol. The van der Waals surface area contributed by atoms with Gasteiger partial charge in [-0.15, -0.1) is 0 Å². The number of hydrogen-bond donors (Lipinski definition) is 1. The van der Waals surface area contributed by atoms with Gasteiger partial charge >= 0.3 is 6.03 Å². The van der Waals surface area contributed by atoms with E-state index < -0.39 is 0 Å². The molecule has 1 fully saturated rings. The summed E-state index contributed by atoms with van der Waals surface area (Å²) < 4.78 is 24.5. The molecule has 2 aromatic rings. The Morgan fingerprint density at radius 1 is 1.15 bits per heavy atom. The molecule has 2 aromatic carbocycles. The predicted molar refractivity (Wildman–Crippen MR) is 106 cm³/mol. The van der Waals surface area contributed by atoms with Crippen LogP contribution in [0.15, 0.2) is 42.5 Å². The number of thioether (sulfide) groups is 1. The summed E-state index contributed by atoms with van der Waals surface area (Å²) in [4.78, 5) is 14.4. The molecule has 144 valence electrons. The van der Waals surface area contributed by atoms with Crippen LogP contribution in [0.3, 0.4) is 0 Å². The van der Waals surface area contributed by atoms with Gasteiger partial charge in [-0.25, -0.2) is 9.18 Å². The Morgan fingerprint density at radius 3 is 2.67 bits per heavy atom. The van der Waals surface area contributed by atoms with Crippen LogP contribution in [-0.4, -0.2) is 44.0 Å². The van der Waals surface area contributed by atoms with Crippen LogP contribution in [0.25, 0.3) is 0 Å². The topological polar surface area (TPSA) is 50.8 Å². The predicted octanol–water partition coefficient (Wildman–Crippen LogP) is 4.56. The third-order valence-electron chi connectivity index (χ3n) is 4.52. The number of carbonyl (C=O) groups is 1. The number of amides is 2. The lowest BCUT2D eigenvalue weighted by atomic mass is 10.1. The van der Waals surface area contributed by atoms with E-state index in [1.807, 2.05) is 12.1 Å². The van der Waals surface area contributed by atoms with Gasteiger partial charge in [0.25, 0.3) is 0 Å². The Hall–Kier alpha value is -2.41. The first-order valence-corrected chi connectivity index (χ1v) is 9.81. The van der Waals surface area contributed by atoms with Gasteiger partial charge in [0.15, 0.2) is 11.5 Å². The molecule has 0 spiro atoms. The molecule has 3 rings (SSSR count). The van der Waals surface area contributed by atoms with Gasteiger partial charge in [-0.2, -0.15) is 11.8 Å². The number of methoxy groups -OCH3 is 2. The zero-order valence-electron chi connectivity index (χ0n) is 15.4. The lowest BCUT2D eigenvalue weighted by Crippen LogP contribution is -2.36. The fourth-order valence-electron chi connectivity index (χ4n) is 3.07. The second-order valence-corrected chi connectivity index (χ2v) is 7.47. The van der Waals surface area contributed by atoms with Crippen LogP contribution in [0, 0.1) is 5.82 Å². The van der Waals surface area contributed by atoms with Crippen molar-refractivity contribution in [2.75, 3.05) is 38.4 Å². The summed E-state index contributed by atoms with van der Waals surface area (Å²) in [5.41, 5.74) is 1.35. The number of urea groups is 1. The van der Waals surface area contributed by atoms with Gasteiger partial charge in [0.1, 0.15) is 5.82 Å². The molecule has 2 amide bonds. The Kier molecular flexibility index (Phi) is 6.45. The lowest BCUT2D eigenvalue weighted by Gasteiger charge is -2.21. The molecular weight excluding hydrogens is 367 g/mol. The Bertz CT molecular complexity index is 803. The van der Waals surface area contributed by atoms with Crippen molar-refractivity contribution in [2.24, 2.45) is 0 Å². The summed E-state index contributed by atoms with van der Waals surface area (Å²) in [6, 6.07) is 11.9. The fourth-order valence-corrected chi connectivity index (χ4v) is 4.33. The highest BCUT2D eigenvalue weighted by Gasteiger charge is 2.24. The number of ether oxygens (including phenoxy) is 2. The fraction of sp³-hybridized carbons (Fsp3) is 0.350.